The summed E-state index contributed by atoms with van der Waals surface area (Å²) in [6.07, 6.45) is -2.75. The van der Waals surface area contributed by atoms with E-state index in [1.165, 1.54) is 0 Å². The van der Waals surface area contributed by atoms with Gasteiger partial charge in [-0.1, -0.05) is 0 Å². The van der Waals surface area contributed by atoms with Crippen LogP contribution in [0.5, 0.6) is 0 Å². The third-order valence-electron chi connectivity index (χ3n) is 4.44. The largest absolute Gasteiger partial charge is 0.455 e. The van der Waals surface area contributed by atoms with Gasteiger partial charge in [-0.3, -0.25) is 0 Å². The number of esters is 1. The summed E-state index contributed by atoms with van der Waals surface area (Å²) in [5, 5.41) is 0. The van der Waals surface area contributed by atoms with Crippen molar-refractivity contribution in [3.63, 3.8) is 0 Å². The third kappa shape index (κ3) is 12.5. The summed E-state index contributed by atoms with van der Waals surface area (Å²) in [6, 6.07) is 0. The molecule has 0 bridgehead atoms. The van der Waals surface area contributed by atoms with Crippen LogP contribution in [0.4, 0.5) is 0 Å². The second-order valence-corrected chi connectivity index (χ2v) is 36.5. The molecule has 0 spiro atoms. The maximum atomic E-state index is 13.2. The molecule has 0 N–H and O–H groups in total. The highest BCUT2D eigenvalue weighted by atomic mass is 28.4. The van der Waals surface area contributed by atoms with Crippen LogP contribution in [0.2, 0.25) is 98.2 Å². The van der Waals surface area contributed by atoms with E-state index in [1.807, 2.05) is 0 Å². The van der Waals surface area contributed by atoms with Crippen molar-refractivity contribution in [2.45, 2.75) is 129 Å². The summed E-state index contributed by atoms with van der Waals surface area (Å²) in [5.74, 6) is -0.363. The van der Waals surface area contributed by atoms with Crippen molar-refractivity contribution in [3.05, 3.63) is 0 Å². The fourth-order valence-corrected chi connectivity index (χ4v) is 8.55. The van der Waals surface area contributed by atoms with Crippen molar-refractivity contribution < 1.29 is 31.7 Å². The topological polar surface area (TPSA) is 72.5 Å². The first-order valence-corrected chi connectivity index (χ1v) is 29.5. The van der Waals surface area contributed by atoms with Crippen LogP contribution >= 0.6 is 0 Å². The van der Waals surface area contributed by atoms with Crippen molar-refractivity contribution in [1.29, 1.82) is 0 Å². The summed E-state index contributed by atoms with van der Waals surface area (Å²) < 4.78 is 38.8. The van der Waals surface area contributed by atoms with Crippen molar-refractivity contribution >= 4 is 47.6 Å². The lowest BCUT2D eigenvalue weighted by Gasteiger charge is -2.41. The Morgan fingerprint density at radius 2 is 1.15 bits per heavy atom. The van der Waals surface area contributed by atoms with Crippen molar-refractivity contribution in [3.8, 4) is 0 Å². The molecule has 0 aliphatic carbocycles. The van der Waals surface area contributed by atoms with E-state index in [1.54, 1.807) is 0 Å². The number of carbonyl (C=O) groups excluding carboxylic acids is 1. The molecular weight excluding hydrogens is 517 g/mol. The van der Waals surface area contributed by atoms with Crippen LogP contribution in [0.3, 0.4) is 0 Å². The van der Waals surface area contributed by atoms with Crippen LogP contribution in [0.25, 0.3) is 0 Å². The predicted molar refractivity (Wildman–Crippen MR) is 152 cm³/mol. The molecule has 7 nitrogen and oxygen atoms in total. The van der Waals surface area contributed by atoms with E-state index in [4.69, 9.17) is 26.9 Å². The molecule has 5 unspecified atom stereocenters. The van der Waals surface area contributed by atoms with Gasteiger partial charge in [-0.05, 0) is 98.2 Å². The first kappa shape index (κ1) is 32.4. The molecule has 0 aromatic carbocycles. The third-order valence-corrected chi connectivity index (χ3v) is 9.40. The van der Waals surface area contributed by atoms with Gasteiger partial charge in [-0.25, -0.2) is 4.79 Å². The van der Waals surface area contributed by atoms with E-state index in [-0.39, 0.29) is 12.1 Å². The zero-order chi connectivity index (χ0) is 26.9. The Labute approximate surface area is 214 Å². The molecular formula is C22H52O7Si5. The fraction of sp³-hybridized carbons (Fsp3) is 0.955. The molecule has 0 amide bonds. The molecule has 12 heteroatoms. The molecule has 1 saturated heterocycles. The van der Waals surface area contributed by atoms with Gasteiger partial charge in [0.2, 0.25) is 0 Å². The average molecular weight is 569 g/mol. The minimum atomic E-state index is -2.06. The van der Waals surface area contributed by atoms with E-state index in [9.17, 15) is 4.79 Å². The van der Waals surface area contributed by atoms with E-state index in [2.05, 4.69) is 98.2 Å². The lowest BCUT2D eigenvalue weighted by molar-refractivity contribution is -0.152. The number of carbonyl (C=O) groups is 1. The van der Waals surface area contributed by atoms with Crippen molar-refractivity contribution in [2.24, 2.45) is 0 Å². The lowest BCUT2D eigenvalue weighted by atomic mass is 10.0. The zero-order valence-electron chi connectivity index (χ0n) is 24.5. The van der Waals surface area contributed by atoms with Gasteiger partial charge in [0.05, 0.1) is 12.7 Å². The minimum absolute atomic E-state index is 0.360. The summed E-state index contributed by atoms with van der Waals surface area (Å²) in [5.41, 5.74) is 0. The van der Waals surface area contributed by atoms with Crippen molar-refractivity contribution in [1.82, 2.24) is 0 Å². The Bertz CT molecular complexity index is 672. The molecule has 0 aromatic heterocycles. The van der Waals surface area contributed by atoms with Gasteiger partial charge in [0.25, 0.3) is 0 Å². The van der Waals surface area contributed by atoms with Gasteiger partial charge in [-0.2, -0.15) is 0 Å². The van der Waals surface area contributed by atoms with Crippen molar-refractivity contribution in [2.75, 3.05) is 6.61 Å². The van der Waals surface area contributed by atoms with Gasteiger partial charge < -0.3 is 26.9 Å². The second kappa shape index (κ2) is 11.4. The molecule has 1 fully saturated rings. The molecule has 1 aliphatic rings. The Balaban J connectivity index is 3.52. The van der Waals surface area contributed by atoms with Crippen LogP contribution in [0.15, 0.2) is 0 Å². The lowest BCUT2D eigenvalue weighted by Crippen LogP contribution is -2.57. The molecule has 34 heavy (non-hydrogen) atoms. The summed E-state index contributed by atoms with van der Waals surface area (Å²) in [4.78, 5) is 13.2. The number of ether oxygens (including phenoxy) is 1. The second-order valence-electron chi connectivity index (χ2n) is 14.1. The van der Waals surface area contributed by atoms with Gasteiger partial charge in [0.1, 0.15) is 12.2 Å². The number of cyclic esters (lactones) is 1. The van der Waals surface area contributed by atoms with Crippen LogP contribution < -0.4 is 0 Å². The fourth-order valence-electron chi connectivity index (χ4n) is 3.61. The highest BCUT2D eigenvalue weighted by Gasteiger charge is 2.55. The zero-order valence-corrected chi connectivity index (χ0v) is 29.5. The molecule has 0 aromatic rings. The van der Waals surface area contributed by atoms with Crippen LogP contribution in [0, 0.1) is 0 Å². The monoisotopic (exact) mass is 568 g/mol. The maximum Gasteiger partial charge on any atom is 0.337 e. The first-order valence-electron chi connectivity index (χ1n) is 12.4. The van der Waals surface area contributed by atoms with E-state index < -0.39 is 66.0 Å². The number of hydrogen-bond donors (Lipinski definition) is 0. The molecule has 1 rings (SSSR count). The van der Waals surface area contributed by atoms with Crippen LogP contribution in [0.1, 0.15) is 0 Å². The average Bonchev–Trinajstić information content (AvgIpc) is 2.80. The Hall–Kier alpha value is 0.354. The van der Waals surface area contributed by atoms with Crippen LogP contribution in [-0.2, 0) is 31.7 Å². The minimum Gasteiger partial charge on any atom is -0.455 e. The molecule has 5 atom stereocenters. The van der Waals surface area contributed by atoms with Gasteiger partial charge in [-0.15, -0.1) is 0 Å². The Morgan fingerprint density at radius 3 is 1.53 bits per heavy atom. The summed E-state index contributed by atoms with van der Waals surface area (Å²) in [7, 11) is -9.92. The SMILES string of the molecule is C[Si](C)(C)OCC(O[Si](C)(C)C)C(O[Si](C)(C)C)C1OC(=O)C(O[Si](C)(C)C)C1O[Si](C)(C)C. The van der Waals surface area contributed by atoms with E-state index in [0.29, 0.717) is 6.61 Å². The summed E-state index contributed by atoms with van der Waals surface area (Å²) in [6.45, 7) is 32.4. The molecule has 0 radical (unpaired) electrons. The van der Waals surface area contributed by atoms with E-state index >= 15 is 0 Å². The standard InChI is InChI=1S/C22H52O7Si5/c1-30(2,3)24-16-17(26-31(4,5)6)18(27-32(7,8)9)19-20(28-33(10,11)12)21(22(23)25-19)29-34(13,14)15/h17-21H,16H2,1-15H3. The van der Waals surface area contributed by atoms with Gasteiger partial charge >= 0.3 is 5.97 Å². The van der Waals surface area contributed by atoms with Gasteiger partial charge in [0, 0.05) is 0 Å². The first-order chi connectivity index (χ1) is 14.9. The highest BCUT2D eigenvalue weighted by Crippen LogP contribution is 2.34. The van der Waals surface area contributed by atoms with E-state index in [0.717, 1.165) is 0 Å². The molecule has 1 heterocycles. The smallest absolute Gasteiger partial charge is 0.337 e. The quantitative estimate of drug-likeness (QED) is 0.210. The highest BCUT2D eigenvalue weighted by molar-refractivity contribution is 6.71. The number of rotatable bonds is 13. The Morgan fingerprint density at radius 1 is 0.676 bits per heavy atom. The van der Waals surface area contributed by atoms with Crippen LogP contribution in [-0.4, -0.2) is 84.7 Å². The normalized spacial score (nSPS) is 24.8. The van der Waals surface area contributed by atoms with Gasteiger partial charge in [0.15, 0.2) is 53.8 Å². The maximum absolute atomic E-state index is 13.2. The number of hydrogen-bond acceptors (Lipinski definition) is 7. The Kier molecular flexibility index (Phi) is 10.9. The molecule has 1 aliphatic heterocycles. The summed E-state index contributed by atoms with van der Waals surface area (Å²) >= 11 is 0. The molecule has 202 valence electrons. The molecule has 0 saturated carbocycles. The predicted octanol–water partition coefficient (Wildman–Crippen LogP) is 5.64.